The van der Waals surface area contributed by atoms with Gasteiger partial charge in [0.2, 0.25) is 0 Å². The fourth-order valence-corrected chi connectivity index (χ4v) is 3.95. The van der Waals surface area contributed by atoms with Gasteiger partial charge in [0.15, 0.2) is 12.0 Å². The van der Waals surface area contributed by atoms with Gasteiger partial charge in [-0.05, 0) is 29.1 Å². The van der Waals surface area contributed by atoms with Crippen molar-refractivity contribution in [1.82, 2.24) is 0 Å². The second-order valence-electron chi connectivity index (χ2n) is 6.95. The molecule has 0 fully saturated rings. The Labute approximate surface area is 164 Å². The van der Waals surface area contributed by atoms with E-state index in [-0.39, 0.29) is 6.23 Å². The maximum atomic E-state index is 6.58. The molecule has 0 aromatic heterocycles. The number of fused-ring (bicyclic) bond motifs is 3. The van der Waals surface area contributed by atoms with Crippen molar-refractivity contribution in [1.29, 1.82) is 0 Å². The van der Waals surface area contributed by atoms with Crippen LogP contribution < -0.4 is 14.4 Å². The molecule has 1 atom stereocenters. The van der Waals surface area contributed by atoms with Crippen molar-refractivity contribution in [2.45, 2.75) is 12.6 Å². The lowest BCUT2D eigenvalue weighted by atomic mass is 10.1. The van der Waals surface area contributed by atoms with Crippen LogP contribution in [0.1, 0.15) is 5.56 Å². The Morgan fingerprint density at radius 2 is 1.54 bits per heavy atom. The highest BCUT2D eigenvalue weighted by atomic mass is 16.5. The largest absolute Gasteiger partial charge is 0.494 e. The molecule has 1 unspecified atom stereocenters. The molecule has 28 heavy (non-hydrogen) atoms. The average molecular weight is 367 g/mol. The molecule has 1 heterocycles. The third-order valence-electron chi connectivity index (χ3n) is 5.23. The molecular formula is C25H21NO2. The fourth-order valence-electron chi connectivity index (χ4n) is 3.95. The first kappa shape index (κ1) is 16.7. The van der Waals surface area contributed by atoms with Crippen LogP contribution in [0.15, 0.2) is 91.0 Å². The summed E-state index contributed by atoms with van der Waals surface area (Å²) in [6, 6.07) is 31.2. The van der Waals surface area contributed by atoms with Crippen LogP contribution in [0.4, 0.5) is 11.4 Å². The van der Waals surface area contributed by atoms with Gasteiger partial charge < -0.3 is 9.47 Å². The molecule has 3 nitrogen and oxygen atoms in total. The van der Waals surface area contributed by atoms with Crippen LogP contribution in [0.25, 0.3) is 10.8 Å². The Morgan fingerprint density at radius 3 is 2.29 bits per heavy atom. The molecule has 0 radical (unpaired) electrons. The molecule has 1 aliphatic heterocycles. The third-order valence-corrected chi connectivity index (χ3v) is 5.23. The van der Waals surface area contributed by atoms with Gasteiger partial charge in [-0.15, -0.1) is 0 Å². The first-order chi connectivity index (χ1) is 13.8. The molecule has 0 aliphatic carbocycles. The number of hydrogen-bond acceptors (Lipinski definition) is 3. The van der Waals surface area contributed by atoms with Crippen LogP contribution in [-0.2, 0) is 6.42 Å². The maximum Gasteiger partial charge on any atom is 0.180 e. The average Bonchev–Trinajstić information content (AvgIpc) is 3.13. The van der Waals surface area contributed by atoms with Crippen LogP contribution in [0.3, 0.4) is 0 Å². The lowest BCUT2D eigenvalue weighted by molar-refractivity contribution is 0.237. The Kier molecular flexibility index (Phi) is 4.13. The lowest BCUT2D eigenvalue weighted by Gasteiger charge is -2.26. The van der Waals surface area contributed by atoms with Crippen molar-refractivity contribution >= 4 is 22.1 Å². The normalized spacial score (nSPS) is 15.3. The van der Waals surface area contributed by atoms with Gasteiger partial charge in [0.1, 0.15) is 11.4 Å². The molecule has 0 N–H and O–H groups in total. The summed E-state index contributed by atoms with van der Waals surface area (Å²) >= 11 is 0. The number of anilines is 2. The van der Waals surface area contributed by atoms with Gasteiger partial charge >= 0.3 is 0 Å². The Hall–Kier alpha value is -3.46. The SMILES string of the molecule is COc1cc2ccccc2c2c1N(c1ccccc1)C(Cc1ccccc1)O2. The van der Waals surface area contributed by atoms with Crippen molar-refractivity contribution in [3.05, 3.63) is 96.6 Å². The Bertz CT molecular complexity index is 1110. The van der Waals surface area contributed by atoms with E-state index in [1.807, 2.05) is 18.2 Å². The van der Waals surface area contributed by atoms with E-state index in [1.165, 1.54) is 5.56 Å². The summed E-state index contributed by atoms with van der Waals surface area (Å²) in [5.41, 5.74) is 3.33. The molecule has 3 heteroatoms. The number of rotatable bonds is 4. The van der Waals surface area contributed by atoms with Gasteiger partial charge in [-0.3, -0.25) is 4.90 Å². The summed E-state index contributed by atoms with van der Waals surface area (Å²) in [7, 11) is 1.72. The zero-order valence-corrected chi connectivity index (χ0v) is 15.7. The smallest absolute Gasteiger partial charge is 0.180 e. The Morgan fingerprint density at radius 1 is 0.857 bits per heavy atom. The van der Waals surface area contributed by atoms with E-state index >= 15 is 0 Å². The van der Waals surface area contributed by atoms with Crippen molar-refractivity contribution in [2.24, 2.45) is 0 Å². The quantitative estimate of drug-likeness (QED) is 0.445. The number of nitrogens with zero attached hydrogens (tertiary/aromatic N) is 1. The summed E-state index contributed by atoms with van der Waals surface area (Å²) in [5, 5.41) is 2.22. The molecule has 5 rings (SSSR count). The molecule has 0 saturated heterocycles. The fraction of sp³-hybridized carbons (Fsp3) is 0.120. The van der Waals surface area contributed by atoms with E-state index < -0.39 is 0 Å². The third kappa shape index (κ3) is 2.76. The van der Waals surface area contributed by atoms with Crippen LogP contribution in [0.2, 0.25) is 0 Å². The first-order valence-electron chi connectivity index (χ1n) is 9.50. The summed E-state index contributed by atoms with van der Waals surface area (Å²) in [5.74, 6) is 1.72. The zero-order valence-electron chi connectivity index (χ0n) is 15.7. The first-order valence-corrected chi connectivity index (χ1v) is 9.50. The number of benzene rings is 4. The monoisotopic (exact) mass is 367 g/mol. The van der Waals surface area contributed by atoms with E-state index in [2.05, 4.69) is 77.7 Å². The summed E-state index contributed by atoms with van der Waals surface area (Å²) in [6.07, 6.45) is 0.640. The van der Waals surface area contributed by atoms with Crippen LogP contribution in [0, 0.1) is 0 Å². The van der Waals surface area contributed by atoms with Crippen molar-refractivity contribution in [3.8, 4) is 11.5 Å². The van der Waals surface area contributed by atoms with Gasteiger partial charge in [0.05, 0.1) is 7.11 Å². The predicted octanol–water partition coefficient (Wildman–Crippen LogP) is 5.95. The van der Waals surface area contributed by atoms with Crippen LogP contribution >= 0.6 is 0 Å². The number of ether oxygens (including phenoxy) is 2. The lowest BCUT2D eigenvalue weighted by Crippen LogP contribution is -2.32. The predicted molar refractivity (Wildman–Crippen MR) is 114 cm³/mol. The highest BCUT2D eigenvalue weighted by molar-refractivity contribution is 5.99. The molecule has 4 aromatic carbocycles. The van der Waals surface area contributed by atoms with Gasteiger partial charge in [0, 0.05) is 17.5 Å². The molecule has 138 valence electrons. The highest BCUT2D eigenvalue weighted by Crippen LogP contribution is 2.52. The van der Waals surface area contributed by atoms with E-state index in [0.29, 0.717) is 0 Å². The van der Waals surface area contributed by atoms with E-state index in [1.54, 1.807) is 7.11 Å². The number of para-hydroxylation sites is 1. The molecule has 0 amide bonds. The molecule has 4 aromatic rings. The van der Waals surface area contributed by atoms with E-state index in [4.69, 9.17) is 9.47 Å². The zero-order chi connectivity index (χ0) is 18.9. The minimum absolute atomic E-state index is 0.139. The van der Waals surface area contributed by atoms with Crippen LogP contribution in [0.5, 0.6) is 11.5 Å². The molecule has 0 saturated carbocycles. The maximum absolute atomic E-state index is 6.58. The number of hydrogen-bond donors (Lipinski definition) is 0. The Balaban J connectivity index is 1.70. The van der Waals surface area contributed by atoms with E-state index in [0.717, 1.165) is 40.1 Å². The topological polar surface area (TPSA) is 21.7 Å². The van der Waals surface area contributed by atoms with Gasteiger partial charge in [-0.25, -0.2) is 0 Å². The molecular weight excluding hydrogens is 346 g/mol. The van der Waals surface area contributed by atoms with Gasteiger partial charge in [-0.2, -0.15) is 0 Å². The van der Waals surface area contributed by atoms with Crippen molar-refractivity contribution < 1.29 is 9.47 Å². The molecule has 1 aliphatic rings. The minimum atomic E-state index is -0.139. The van der Waals surface area contributed by atoms with Crippen molar-refractivity contribution in [3.63, 3.8) is 0 Å². The van der Waals surface area contributed by atoms with E-state index in [9.17, 15) is 0 Å². The molecule has 0 spiro atoms. The second kappa shape index (κ2) is 6.93. The van der Waals surface area contributed by atoms with Gasteiger partial charge in [0.25, 0.3) is 0 Å². The minimum Gasteiger partial charge on any atom is -0.494 e. The number of methoxy groups -OCH3 is 1. The summed E-state index contributed by atoms with van der Waals surface area (Å²) < 4.78 is 12.4. The van der Waals surface area contributed by atoms with Gasteiger partial charge in [-0.1, -0.05) is 72.8 Å². The summed E-state index contributed by atoms with van der Waals surface area (Å²) in [4.78, 5) is 2.26. The standard InChI is InChI=1S/C25H21NO2/c1-27-22-17-19-12-8-9-15-21(19)25-24(22)26(20-13-6-3-7-14-20)23(28-25)16-18-10-4-2-5-11-18/h2-15,17,23H,16H2,1H3. The highest BCUT2D eigenvalue weighted by Gasteiger charge is 2.36. The molecule has 0 bridgehead atoms. The summed E-state index contributed by atoms with van der Waals surface area (Å²) in [6.45, 7) is 0. The van der Waals surface area contributed by atoms with Crippen molar-refractivity contribution in [2.75, 3.05) is 12.0 Å². The van der Waals surface area contributed by atoms with Crippen LogP contribution in [-0.4, -0.2) is 13.3 Å². The second-order valence-corrected chi connectivity index (χ2v) is 6.95.